The van der Waals surface area contributed by atoms with Gasteiger partial charge in [-0.1, -0.05) is 18.2 Å². The lowest BCUT2D eigenvalue weighted by Gasteiger charge is -2.32. The molecule has 1 saturated heterocycles. The smallest absolute Gasteiger partial charge is 0.272 e. The second-order valence-corrected chi connectivity index (χ2v) is 6.24. The highest BCUT2D eigenvalue weighted by molar-refractivity contribution is 5.96. The van der Waals surface area contributed by atoms with E-state index in [1.165, 1.54) is 4.90 Å². The second-order valence-electron chi connectivity index (χ2n) is 6.24. The molecule has 1 amide bonds. The Morgan fingerprint density at radius 1 is 1.25 bits per heavy atom. The standard InChI is InChI=1S/C19H22N4O/c1-3-21-10-12-22(13-11-21)19(24)18-16(14-20)8-9-23(18)17-7-5-4-6-15(17)2/h4-9H,3,10-13H2,1-2H3/p+1. The van der Waals surface area contributed by atoms with Gasteiger partial charge in [-0.2, -0.15) is 5.26 Å². The van der Waals surface area contributed by atoms with Crippen LogP contribution in [-0.4, -0.2) is 48.1 Å². The number of quaternary nitrogens is 1. The molecule has 0 atom stereocenters. The van der Waals surface area contributed by atoms with Gasteiger partial charge in [-0.25, -0.2) is 0 Å². The molecule has 1 aliphatic heterocycles. The number of benzene rings is 1. The lowest BCUT2D eigenvalue weighted by Crippen LogP contribution is -3.14. The van der Waals surface area contributed by atoms with Crippen molar-refractivity contribution in [3.8, 4) is 11.8 Å². The third-order valence-corrected chi connectivity index (χ3v) is 4.84. The average Bonchev–Trinajstić information content (AvgIpc) is 3.05. The van der Waals surface area contributed by atoms with Gasteiger partial charge < -0.3 is 14.4 Å². The van der Waals surface area contributed by atoms with Crippen molar-refractivity contribution in [3.05, 3.63) is 53.3 Å². The minimum atomic E-state index is -0.0463. The highest BCUT2D eigenvalue weighted by atomic mass is 16.2. The zero-order chi connectivity index (χ0) is 17.1. The van der Waals surface area contributed by atoms with E-state index in [2.05, 4.69) is 13.0 Å². The lowest BCUT2D eigenvalue weighted by atomic mass is 10.1. The van der Waals surface area contributed by atoms with Gasteiger partial charge in [-0.15, -0.1) is 0 Å². The molecule has 0 unspecified atom stereocenters. The SMILES string of the molecule is CC[NH+]1CCN(C(=O)c2c(C#N)ccn2-c2ccccc2C)CC1. The number of rotatable bonds is 3. The van der Waals surface area contributed by atoms with E-state index in [0.717, 1.165) is 44.0 Å². The van der Waals surface area contributed by atoms with Crippen LogP contribution in [-0.2, 0) is 0 Å². The van der Waals surface area contributed by atoms with Crippen LogP contribution in [0, 0.1) is 18.3 Å². The zero-order valence-corrected chi connectivity index (χ0v) is 14.2. The Kier molecular flexibility index (Phi) is 4.68. The number of aromatic nitrogens is 1. The Hall–Kier alpha value is -2.58. The highest BCUT2D eigenvalue weighted by Gasteiger charge is 2.28. The molecule has 1 aromatic heterocycles. The average molecular weight is 323 g/mol. The summed E-state index contributed by atoms with van der Waals surface area (Å²) in [6.45, 7) is 8.69. The van der Waals surface area contributed by atoms with Gasteiger partial charge in [0.15, 0.2) is 0 Å². The van der Waals surface area contributed by atoms with Crippen LogP contribution in [0.1, 0.15) is 28.5 Å². The summed E-state index contributed by atoms with van der Waals surface area (Å²) in [7, 11) is 0. The molecule has 0 bridgehead atoms. The first kappa shape index (κ1) is 16.3. The molecule has 1 N–H and O–H groups in total. The van der Waals surface area contributed by atoms with Crippen molar-refractivity contribution < 1.29 is 9.69 Å². The molecular formula is C19H23N4O+. The number of hydrogen-bond acceptors (Lipinski definition) is 2. The van der Waals surface area contributed by atoms with Gasteiger partial charge in [-0.05, 0) is 31.5 Å². The maximum Gasteiger partial charge on any atom is 0.272 e. The van der Waals surface area contributed by atoms with Gasteiger partial charge in [0.25, 0.3) is 5.91 Å². The molecule has 0 spiro atoms. The van der Waals surface area contributed by atoms with Crippen molar-refractivity contribution >= 4 is 5.91 Å². The molecule has 0 radical (unpaired) electrons. The summed E-state index contributed by atoms with van der Waals surface area (Å²) in [6, 6.07) is 11.8. The first-order valence-corrected chi connectivity index (χ1v) is 8.46. The molecule has 1 fully saturated rings. The fraction of sp³-hybridized carbons (Fsp3) is 0.368. The number of para-hydroxylation sites is 1. The van der Waals surface area contributed by atoms with Crippen LogP contribution >= 0.6 is 0 Å². The van der Waals surface area contributed by atoms with Crippen molar-refractivity contribution in [2.75, 3.05) is 32.7 Å². The molecule has 24 heavy (non-hydrogen) atoms. The molecule has 0 aliphatic carbocycles. The number of nitrogens with one attached hydrogen (secondary N) is 1. The van der Waals surface area contributed by atoms with Crippen molar-refractivity contribution in [2.24, 2.45) is 0 Å². The van der Waals surface area contributed by atoms with Crippen molar-refractivity contribution in [3.63, 3.8) is 0 Å². The second kappa shape index (κ2) is 6.90. The number of aryl methyl sites for hydroxylation is 1. The van der Waals surface area contributed by atoms with Crippen molar-refractivity contribution in [1.29, 1.82) is 5.26 Å². The Labute approximate surface area is 142 Å². The number of carbonyl (C=O) groups excluding carboxylic acids is 1. The normalized spacial score (nSPS) is 15.3. The predicted molar refractivity (Wildman–Crippen MR) is 92.4 cm³/mol. The van der Waals surface area contributed by atoms with E-state index < -0.39 is 0 Å². The van der Waals surface area contributed by atoms with Gasteiger partial charge >= 0.3 is 0 Å². The fourth-order valence-electron chi connectivity index (χ4n) is 3.30. The number of likely N-dealkylation sites (N-methyl/N-ethyl adjacent to an activating group) is 1. The Morgan fingerprint density at radius 2 is 1.96 bits per heavy atom. The molecule has 5 nitrogen and oxygen atoms in total. The number of hydrogen-bond donors (Lipinski definition) is 1. The van der Waals surface area contributed by atoms with Crippen LogP contribution in [0.4, 0.5) is 0 Å². The van der Waals surface area contributed by atoms with Gasteiger partial charge in [0.05, 0.1) is 38.3 Å². The Balaban J connectivity index is 1.96. The molecule has 2 aromatic rings. The van der Waals surface area contributed by atoms with Crippen LogP contribution in [0.2, 0.25) is 0 Å². The van der Waals surface area contributed by atoms with E-state index in [0.29, 0.717) is 11.3 Å². The van der Waals surface area contributed by atoms with Gasteiger partial charge in [-0.3, -0.25) is 4.79 Å². The Bertz CT molecular complexity index is 779. The molecule has 5 heteroatoms. The third kappa shape index (κ3) is 2.93. The number of nitrogens with zero attached hydrogens (tertiary/aromatic N) is 3. The summed E-state index contributed by atoms with van der Waals surface area (Å²) in [6.07, 6.45) is 1.82. The summed E-state index contributed by atoms with van der Waals surface area (Å²) in [5.41, 5.74) is 2.94. The van der Waals surface area contributed by atoms with Crippen molar-refractivity contribution in [1.82, 2.24) is 9.47 Å². The first-order valence-electron chi connectivity index (χ1n) is 8.46. The monoisotopic (exact) mass is 323 g/mol. The highest BCUT2D eigenvalue weighted by Crippen LogP contribution is 2.21. The summed E-state index contributed by atoms with van der Waals surface area (Å²) in [5.74, 6) is -0.0463. The molecule has 2 heterocycles. The molecular weight excluding hydrogens is 300 g/mol. The van der Waals surface area contributed by atoms with Crippen LogP contribution in [0.3, 0.4) is 0 Å². The zero-order valence-electron chi connectivity index (χ0n) is 14.2. The van der Waals surface area contributed by atoms with E-state index in [9.17, 15) is 10.1 Å². The van der Waals surface area contributed by atoms with Crippen LogP contribution in [0.25, 0.3) is 5.69 Å². The fourth-order valence-corrected chi connectivity index (χ4v) is 3.30. The van der Waals surface area contributed by atoms with Crippen LogP contribution in [0.5, 0.6) is 0 Å². The van der Waals surface area contributed by atoms with Gasteiger partial charge in [0.2, 0.25) is 0 Å². The lowest BCUT2D eigenvalue weighted by molar-refractivity contribution is -0.902. The van der Waals surface area contributed by atoms with E-state index >= 15 is 0 Å². The molecule has 1 aromatic carbocycles. The summed E-state index contributed by atoms with van der Waals surface area (Å²) in [5, 5.41) is 9.44. The summed E-state index contributed by atoms with van der Waals surface area (Å²) >= 11 is 0. The maximum absolute atomic E-state index is 13.1. The number of carbonyl (C=O) groups is 1. The van der Waals surface area contributed by atoms with E-state index in [1.807, 2.05) is 46.9 Å². The minimum Gasteiger partial charge on any atom is -0.332 e. The van der Waals surface area contributed by atoms with E-state index in [1.54, 1.807) is 6.07 Å². The quantitative estimate of drug-likeness (QED) is 0.917. The van der Waals surface area contributed by atoms with E-state index in [-0.39, 0.29) is 5.91 Å². The number of piperazine rings is 1. The molecule has 3 rings (SSSR count). The van der Waals surface area contributed by atoms with E-state index in [4.69, 9.17) is 0 Å². The Morgan fingerprint density at radius 3 is 2.58 bits per heavy atom. The maximum atomic E-state index is 13.1. The molecule has 1 aliphatic rings. The number of nitriles is 1. The van der Waals surface area contributed by atoms with Gasteiger partial charge in [0, 0.05) is 11.9 Å². The molecule has 124 valence electrons. The first-order chi connectivity index (χ1) is 11.7. The summed E-state index contributed by atoms with van der Waals surface area (Å²) < 4.78 is 1.86. The third-order valence-electron chi connectivity index (χ3n) is 4.84. The minimum absolute atomic E-state index is 0.0463. The van der Waals surface area contributed by atoms with Crippen LogP contribution in [0.15, 0.2) is 36.5 Å². The summed E-state index contributed by atoms with van der Waals surface area (Å²) in [4.78, 5) is 16.5. The topological polar surface area (TPSA) is 53.5 Å². The predicted octanol–water partition coefficient (Wildman–Crippen LogP) is 1.02. The van der Waals surface area contributed by atoms with Crippen LogP contribution < -0.4 is 4.90 Å². The largest absolute Gasteiger partial charge is 0.332 e. The van der Waals surface area contributed by atoms with Gasteiger partial charge in [0.1, 0.15) is 11.8 Å². The van der Waals surface area contributed by atoms with Crippen molar-refractivity contribution in [2.45, 2.75) is 13.8 Å². The molecule has 0 saturated carbocycles. The number of amides is 1.